The molecule has 0 atom stereocenters. The molecule has 222 valence electrons. The minimum Gasteiger partial charge on any atom is -0.508 e. The molecular formula is C42H29BN2O2. The van der Waals surface area contributed by atoms with Crippen LogP contribution in [-0.2, 0) is 0 Å². The van der Waals surface area contributed by atoms with E-state index in [4.69, 9.17) is 0 Å². The Bertz CT molecular complexity index is 2270. The molecule has 7 aromatic rings. The monoisotopic (exact) mass is 604 g/mol. The van der Waals surface area contributed by atoms with Crippen LogP contribution >= 0.6 is 0 Å². The lowest BCUT2D eigenvalue weighted by Crippen LogP contribution is -2.61. The average molecular weight is 605 g/mol. The van der Waals surface area contributed by atoms with E-state index in [0.29, 0.717) is 0 Å². The number of nitrogens with zero attached hydrogens (tertiary/aromatic N) is 2. The van der Waals surface area contributed by atoms with Crippen molar-refractivity contribution < 1.29 is 10.2 Å². The SMILES string of the molecule is Oc1ccc(-c2ccc(N3c4ccccc4B4c5cc(-c6ccc(O)cc6)ccc5N(c5ccccc5)c5cccc3c54)cc2)cc1. The molecular weight excluding hydrogens is 575 g/mol. The second-order valence-electron chi connectivity index (χ2n) is 12.1. The summed E-state index contributed by atoms with van der Waals surface area (Å²) < 4.78 is 0. The number of hydrogen-bond donors (Lipinski definition) is 2. The number of anilines is 6. The topological polar surface area (TPSA) is 46.9 Å². The number of para-hydroxylation sites is 2. The molecule has 2 N–H and O–H groups in total. The molecule has 5 heteroatoms. The summed E-state index contributed by atoms with van der Waals surface area (Å²) in [7, 11) is 0. The highest BCUT2D eigenvalue weighted by atomic mass is 16.3. The zero-order valence-corrected chi connectivity index (χ0v) is 25.5. The molecule has 9 rings (SSSR count). The normalized spacial score (nSPS) is 12.7. The van der Waals surface area contributed by atoms with Gasteiger partial charge in [-0.3, -0.25) is 0 Å². The zero-order chi connectivity index (χ0) is 31.5. The van der Waals surface area contributed by atoms with Crippen LogP contribution in [0.2, 0.25) is 0 Å². The molecule has 0 amide bonds. The number of rotatable bonds is 4. The molecule has 0 spiro atoms. The predicted molar refractivity (Wildman–Crippen MR) is 195 cm³/mol. The lowest BCUT2D eigenvalue weighted by atomic mass is 9.33. The van der Waals surface area contributed by atoms with Crippen molar-refractivity contribution in [3.05, 3.63) is 164 Å². The molecule has 0 saturated heterocycles. The van der Waals surface area contributed by atoms with Crippen molar-refractivity contribution in [2.45, 2.75) is 0 Å². The molecule has 0 fully saturated rings. The van der Waals surface area contributed by atoms with Crippen LogP contribution in [0.4, 0.5) is 34.1 Å². The zero-order valence-electron chi connectivity index (χ0n) is 25.5. The van der Waals surface area contributed by atoms with E-state index in [2.05, 4.69) is 125 Å². The maximum atomic E-state index is 9.97. The van der Waals surface area contributed by atoms with Crippen LogP contribution in [-0.4, -0.2) is 16.9 Å². The summed E-state index contributed by atoms with van der Waals surface area (Å²) in [5.74, 6) is 0.526. The number of fused-ring (bicyclic) bond motifs is 4. The van der Waals surface area contributed by atoms with Crippen molar-refractivity contribution in [3.63, 3.8) is 0 Å². The Kier molecular flexibility index (Phi) is 6.19. The second-order valence-corrected chi connectivity index (χ2v) is 12.1. The number of hydrogen-bond acceptors (Lipinski definition) is 4. The maximum absolute atomic E-state index is 9.97. The van der Waals surface area contributed by atoms with E-state index >= 15 is 0 Å². The van der Waals surface area contributed by atoms with Gasteiger partial charge in [-0.1, -0.05) is 91.0 Å². The third-order valence-corrected chi connectivity index (χ3v) is 9.44. The van der Waals surface area contributed by atoms with Crippen LogP contribution in [0.25, 0.3) is 22.3 Å². The third-order valence-electron chi connectivity index (χ3n) is 9.44. The Hall–Kier alpha value is -6.20. The predicted octanol–water partition coefficient (Wildman–Crippen LogP) is 8.51. The minimum absolute atomic E-state index is 0.0250. The molecule has 0 aliphatic carbocycles. The fraction of sp³-hybridized carbons (Fsp3) is 0. The summed E-state index contributed by atoms with van der Waals surface area (Å²) in [5, 5.41) is 19.8. The van der Waals surface area contributed by atoms with E-state index in [1.807, 2.05) is 24.3 Å². The van der Waals surface area contributed by atoms with Gasteiger partial charge in [-0.2, -0.15) is 0 Å². The molecule has 2 aliphatic heterocycles. The van der Waals surface area contributed by atoms with E-state index in [-0.39, 0.29) is 18.2 Å². The summed E-state index contributed by atoms with van der Waals surface area (Å²) >= 11 is 0. The maximum Gasteiger partial charge on any atom is 0.252 e. The Morgan fingerprint density at radius 2 is 0.830 bits per heavy atom. The molecule has 2 heterocycles. The van der Waals surface area contributed by atoms with Crippen molar-refractivity contribution >= 4 is 57.2 Å². The first-order valence-electron chi connectivity index (χ1n) is 15.8. The molecule has 7 aromatic carbocycles. The van der Waals surface area contributed by atoms with Gasteiger partial charge in [-0.15, -0.1) is 0 Å². The summed E-state index contributed by atoms with van der Waals surface area (Å²) in [4.78, 5) is 4.79. The summed E-state index contributed by atoms with van der Waals surface area (Å²) in [6, 6.07) is 56.3. The van der Waals surface area contributed by atoms with Crippen LogP contribution in [0.3, 0.4) is 0 Å². The fourth-order valence-corrected chi connectivity index (χ4v) is 7.31. The van der Waals surface area contributed by atoms with Gasteiger partial charge in [-0.25, -0.2) is 0 Å². The van der Waals surface area contributed by atoms with Gasteiger partial charge < -0.3 is 20.0 Å². The van der Waals surface area contributed by atoms with Crippen LogP contribution < -0.4 is 26.2 Å². The fourth-order valence-electron chi connectivity index (χ4n) is 7.31. The van der Waals surface area contributed by atoms with Gasteiger partial charge in [0.2, 0.25) is 0 Å². The summed E-state index contributed by atoms with van der Waals surface area (Å²) in [5.41, 5.74) is 15.0. The summed E-state index contributed by atoms with van der Waals surface area (Å²) in [6.45, 7) is 0.0250. The van der Waals surface area contributed by atoms with Gasteiger partial charge in [0.25, 0.3) is 6.71 Å². The van der Waals surface area contributed by atoms with E-state index in [9.17, 15) is 10.2 Å². The van der Waals surface area contributed by atoms with Gasteiger partial charge in [0.05, 0.1) is 0 Å². The molecule has 0 saturated carbocycles. The molecule has 0 aromatic heterocycles. The first-order chi connectivity index (χ1) is 23.1. The van der Waals surface area contributed by atoms with Crippen LogP contribution in [0.5, 0.6) is 11.5 Å². The first kappa shape index (κ1) is 27.1. The largest absolute Gasteiger partial charge is 0.508 e. The highest BCUT2D eigenvalue weighted by Gasteiger charge is 2.43. The molecule has 47 heavy (non-hydrogen) atoms. The van der Waals surface area contributed by atoms with Gasteiger partial charge >= 0.3 is 0 Å². The standard InChI is InChI=1S/C42H29BN2O2/c46-34-22-15-29(16-23-34)28-13-20-33(21-14-28)45-38-10-5-4-9-36(38)43-37-27-31(30-17-24-35(47)25-18-30)19-26-39(37)44(32-7-2-1-3-8-32)40-11-6-12-41(45)42(40)43/h1-27,46-47H. The Labute approximate surface area is 274 Å². The first-order valence-corrected chi connectivity index (χ1v) is 15.8. The molecule has 2 aliphatic rings. The Morgan fingerprint density at radius 1 is 0.362 bits per heavy atom. The number of aromatic hydroxyl groups is 2. The highest BCUT2D eigenvalue weighted by molar-refractivity contribution is 7.00. The Morgan fingerprint density at radius 3 is 1.47 bits per heavy atom. The molecule has 0 unspecified atom stereocenters. The lowest BCUT2D eigenvalue weighted by Gasteiger charge is -2.44. The van der Waals surface area contributed by atoms with Crippen molar-refractivity contribution in [3.8, 4) is 33.8 Å². The minimum atomic E-state index is 0.0250. The lowest BCUT2D eigenvalue weighted by molar-refractivity contribution is 0.475. The second kappa shape index (κ2) is 10.7. The van der Waals surface area contributed by atoms with Gasteiger partial charge in [0.1, 0.15) is 11.5 Å². The number of phenolic OH excluding ortho intramolecular Hbond substituents is 2. The Balaban J connectivity index is 1.26. The van der Waals surface area contributed by atoms with Gasteiger partial charge in [0.15, 0.2) is 0 Å². The van der Waals surface area contributed by atoms with E-state index < -0.39 is 0 Å². The van der Waals surface area contributed by atoms with Crippen molar-refractivity contribution in [1.29, 1.82) is 0 Å². The molecule has 0 radical (unpaired) electrons. The molecule has 0 bridgehead atoms. The van der Waals surface area contributed by atoms with Crippen molar-refractivity contribution in [1.82, 2.24) is 0 Å². The van der Waals surface area contributed by atoms with Gasteiger partial charge in [-0.05, 0) is 111 Å². The average Bonchev–Trinajstić information content (AvgIpc) is 3.12. The van der Waals surface area contributed by atoms with E-state index in [1.165, 1.54) is 22.1 Å². The van der Waals surface area contributed by atoms with Crippen molar-refractivity contribution in [2.75, 3.05) is 9.80 Å². The van der Waals surface area contributed by atoms with E-state index in [1.54, 1.807) is 24.3 Å². The molecule has 4 nitrogen and oxygen atoms in total. The third kappa shape index (κ3) is 4.39. The number of phenols is 2. The van der Waals surface area contributed by atoms with Crippen LogP contribution in [0, 0.1) is 0 Å². The quantitative estimate of drug-likeness (QED) is 0.198. The van der Waals surface area contributed by atoms with Crippen LogP contribution in [0.15, 0.2) is 164 Å². The smallest absolute Gasteiger partial charge is 0.252 e. The highest BCUT2D eigenvalue weighted by Crippen LogP contribution is 2.44. The summed E-state index contributed by atoms with van der Waals surface area (Å²) in [6.07, 6.45) is 0. The van der Waals surface area contributed by atoms with Crippen LogP contribution in [0.1, 0.15) is 0 Å². The number of benzene rings is 7. The van der Waals surface area contributed by atoms with E-state index in [0.717, 1.165) is 50.7 Å². The van der Waals surface area contributed by atoms with Crippen molar-refractivity contribution in [2.24, 2.45) is 0 Å². The van der Waals surface area contributed by atoms with Gasteiger partial charge in [0, 0.05) is 34.1 Å².